The summed E-state index contributed by atoms with van der Waals surface area (Å²) < 4.78 is 28.3. The molecule has 2 aromatic carbocycles. The van der Waals surface area contributed by atoms with Crippen molar-refractivity contribution in [2.45, 2.75) is 11.8 Å². The molecule has 8 heteroatoms. The van der Waals surface area contributed by atoms with Gasteiger partial charge in [-0.3, -0.25) is 20.4 Å². The Kier molecular flexibility index (Phi) is 6.73. The highest BCUT2D eigenvalue weighted by atomic mass is 32.2. The van der Waals surface area contributed by atoms with Crippen LogP contribution in [0.3, 0.4) is 0 Å². The van der Waals surface area contributed by atoms with Gasteiger partial charge in [0.1, 0.15) is 5.75 Å². The molecule has 0 saturated carbocycles. The van der Waals surface area contributed by atoms with Gasteiger partial charge in [-0.2, -0.15) is 0 Å². The van der Waals surface area contributed by atoms with Crippen molar-refractivity contribution < 1.29 is 22.7 Å². The number of nitrogens with one attached hydrogen (secondary N) is 2. The molecule has 0 atom stereocenters. The second kappa shape index (κ2) is 9.00. The predicted octanol–water partition coefficient (Wildman–Crippen LogP) is 1.96. The Morgan fingerprint density at radius 2 is 1.70 bits per heavy atom. The zero-order valence-corrected chi connectivity index (χ0v) is 15.7. The number of rotatable bonds is 6. The minimum Gasteiger partial charge on any atom is -0.493 e. The van der Waals surface area contributed by atoms with E-state index >= 15 is 0 Å². The van der Waals surface area contributed by atoms with E-state index in [1.54, 1.807) is 18.2 Å². The lowest BCUT2D eigenvalue weighted by atomic mass is 10.2. The van der Waals surface area contributed by atoms with Crippen molar-refractivity contribution >= 4 is 27.7 Å². The smallest absolute Gasteiger partial charge is 0.269 e. The third-order valence-electron chi connectivity index (χ3n) is 3.48. The lowest BCUT2D eigenvalue weighted by molar-refractivity contribution is -0.117. The van der Waals surface area contributed by atoms with Gasteiger partial charge in [0.15, 0.2) is 9.84 Å². The summed E-state index contributed by atoms with van der Waals surface area (Å²) in [7, 11) is -3.33. The topological polar surface area (TPSA) is 102 Å². The summed E-state index contributed by atoms with van der Waals surface area (Å²) in [5.74, 6) is -0.437. The van der Waals surface area contributed by atoms with Crippen molar-refractivity contribution in [2.24, 2.45) is 0 Å². The van der Waals surface area contributed by atoms with Gasteiger partial charge in [0, 0.05) is 23.5 Å². The Morgan fingerprint density at radius 1 is 1.04 bits per heavy atom. The molecule has 0 heterocycles. The highest BCUT2D eigenvalue weighted by molar-refractivity contribution is 7.90. The molecule has 2 rings (SSSR count). The molecule has 0 radical (unpaired) electrons. The van der Waals surface area contributed by atoms with Crippen LogP contribution in [0.4, 0.5) is 0 Å². The van der Waals surface area contributed by atoms with Crippen molar-refractivity contribution in [3.63, 3.8) is 0 Å². The number of hydrazine groups is 1. The molecule has 7 nitrogen and oxygen atoms in total. The van der Waals surface area contributed by atoms with Crippen LogP contribution in [0.15, 0.2) is 59.5 Å². The number of para-hydroxylation sites is 1. The van der Waals surface area contributed by atoms with Gasteiger partial charge in [-0.15, -0.1) is 0 Å². The van der Waals surface area contributed by atoms with E-state index in [0.29, 0.717) is 12.4 Å². The molecule has 0 aliphatic rings. The molecule has 0 unspecified atom stereocenters. The van der Waals surface area contributed by atoms with Crippen LogP contribution in [0.1, 0.15) is 22.8 Å². The van der Waals surface area contributed by atoms with Crippen molar-refractivity contribution in [3.05, 3.63) is 65.7 Å². The third-order valence-corrected chi connectivity index (χ3v) is 4.61. The maximum atomic E-state index is 12.0. The van der Waals surface area contributed by atoms with Crippen LogP contribution in [0, 0.1) is 0 Å². The average Bonchev–Trinajstić information content (AvgIpc) is 2.65. The monoisotopic (exact) mass is 388 g/mol. The highest BCUT2D eigenvalue weighted by Gasteiger charge is 2.10. The molecule has 0 bridgehead atoms. The van der Waals surface area contributed by atoms with E-state index in [2.05, 4.69) is 10.9 Å². The third kappa shape index (κ3) is 5.96. The SMILES string of the molecule is CCOc1ccccc1/C=C/C(=O)NNC(=O)c1ccc(S(C)(=O)=O)cc1. The van der Waals surface area contributed by atoms with E-state index in [-0.39, 0.29) is 10.5 Å². The largest absolute Gasteiger partial charge is 0.493 e. The van der Waals surface area contributed by atoms with E-state index in [1.807, 2.05) is 19.1 Å². The Balaban J connectivity index is 1.94. The Bertz CT molecular complexity index is 950. The quantitative estimate of drug-likeness (QED) is 0.582. The number of sulfone groups is 1. The summed E-state index contributed by atoms with van der Waals surface area (Å²) in [6, 6.07) is 12.6. The van der Waals surface area contributed by atoms with E-state index < -0.39 is 21.7 Å². The van der Waals surface area contributed by atoms with Crippen LogP contribution in [0.25, 0.3) is 6.08 Å². The standard InChI is InChI=1S/C19H20N2O5S/c1-3-26-17-7-5-4-6-14(17)10-13-18(22)20-21-19(23)15-8-11-16(12-9-15)27(2,24)25/h4-13H,3H2,1-2H3,(H,20,22)(H,21,23)/b13-10+. The maximum Gasteiger partial charge on any atom is 0.269 e. The molecule has 0 saturated heterocycles. The normalized spacial score (nSPS) is 11.2. The average molecular weight is 388 g/mol. The van der Waals surface area contributed by atoms with Gasteiger partial charge < -0.3 is 4.74 Å². The molecule has 2 N–H and O–H groups in total. The first-order valence-corrected chi connectivity index (χ1v) is 10.0. The van der Waals surface area contributed by atoms with Crippen LogP contribution in [0.2, 0.25) is 0 Å². The first-order valence-electron chi connectivity index (χ1n) is 8.11. The Morgan fingerprint density at radius 3 is 2.33 bits per heavy atom. The van der Waals surface area contributed by atoms with Crippen molar-refractivity contribution in [2.75, 3.05) is 12.9 Å². The number of ether oxygens (including phenoxy) is 1. The van der Waals surface area contributed by atoms with Gasteiger partial charge in [-0.25, -0.2) is 8.42 Å². The highest BCUT2D eigenvalue weighted by Crippen LogP contribution is 2.19. The fourth-order valence-electron chi connectivity index (χ4n) is 2.16. The van der Waals surface area contributed by atoms with Crippen molar-refractivity contribution in [1.29, 1.82) is 0 Å². The zero-order valence-electron chi connectivity index (χ0n) is 14.9. The summed E-state index contributed by atoms with van der Waals surface area (Å²) >= 11 is 0. The first kappa shape index (κ1) is 20.2. The number of benzene rings is 2. The molecular formula is C19H20N2O5S. The molecule has 0 spiro atoms. The molecule has 0 aromatic heterocycles. The molecule has 2 aromatic rings. The van der Waals surface area contributed by atoms with Gasteiger partial charge in [-0.05, 0) is 43.3 Å². The summed E-state index contributed by atoms with van der Waals surface area (Å²) in [6.45, 7) is 2.37. The number of hydrogen-bond acceptors (Lipinski definition) is 5. The molecule has 0 aliphatic heterocycles. The summed E-state index contributed by atoms with van der Waals surface area (Å²) in [6.07, 6.45) is 3.93. The minimum atomic E-state index is -3.33. The fraction of sp³-hybridized carbons (Fsp3) is 0.158. The Hall–Kier alpha value is -3.13. The second-order valence-electron chi connectivity index (χ2n) is 5.54. The van der Waals surface area contributed by atoms with E-state index in [0.717, 1.165) is 11.8 Å². The van der Waals surface area contributed by atoms with Crippen LogP contribution in [0.5, 0.6) is 5.75 Å². The molecular weight excluding hydrogens is 368 g/mol. The number of carbonyl (C=O) groups excluding carboxylic acids is 2. The van der Waals surface area contributed by atoms with E-state index in [1.165, 1.54) is 30.3 Å². The zero-order chi connectivity index (χ0) is 19.9. The molecule has 142 valence electrons. The van der Waals surface area contributed by atoms with Crippen LogP contribution >= 0.6 is 0 Å². The van der Waals surface area contributed by atoms with E-state index in [4.69, 9.17) is 4.74 Å². The number of carbonyl (C=O) groups is 2. The van der Waals surface area contributed by atoms with Gasteiger partial charge in [0.05, 0.1) is 11.5 Å². The van der Waals surface area contributed by atoms with Crippen molar-refractivity contribution in [3.8, 4) is 5.75 Å². The molecule has 0 aliphatic carbocycles. The van der Waals surface area contributed by atoms with Gasteiger partial charge in [0.25, 0.3) is 11.8 Å². The summed E-state index contributed by atoms with van der Waals surface area (Å²) in [5.41, 5.74) is 5.48. The molecule has 0 fully saturated rings. The Labute approximate surface area is 157 Å². The fourth-order valence-corrected chi connectivity index (χ4v) is 2.79. The second-order valence-corrected chi connectivity index (χ2v) is 7.56. The molecule has 2 amide bonds. The number of amides is 2. The summed E-state index contributed by atoms with van der Waals surface area (Å²) in [5, 5.41) is 0. The number of hydrogen-bond donors (Lipinski definition) is 2. The molecule has 27 heavy (non-hydrogen) atoms. The summed E-state index contributed by atoms with van der Waals surface area (Å²) in [4.78, 5) is 24.0. The minimum absolute atomic E-state index is 0.110. The van der Waals surface area contributed by atoms with Gasteiger partial charge >= 0.3 is 0 Å². The van der Waals surface area contributed by atoms with Gasteiger partial charge in [-0.1, -0.05) is 18.2 Å². The lowest BCUT2D eigenvalue weighted by Crippen LogP contribution is -2.40. The van der Waals surface area contributed by atoms with Crippen LogP contribution < -0.4 is 15.6 Å². The van der Waals surface area contributed by atoms with Gasteiger partial charge in [0.2, 0.25) is 0 Å². The van der Waals surface area contributed by atoms with Crippen LogP contribution in [-0.2, 0) is 14.6 Å². The van der Waals surface area contributed by atoms with Crippen LogP contribution in [-0.4, -0.2) is 33.1 Å². The van der Waals surface area contributed by atoms with E-state index in [9.17, 15) is 18.0 Å². The van der Waals surface area contributed by atoms with Crippen molar-refractivity contribution in [1.82, 2.24) is 10.9 Å². The lowest BCUT2D eigenvalue weighted by Gasteiger charge is -2.07. The maximum absolute atomic E-state index is 12.0. The predicted molar refractivity (Wildman–Crippen MR) is 102 cm³/mol. The first-order chi connectivity index (χ1) is 12.8.